The number of rotatable bonds is 5. The van der Waals surface area contributed by atoms with Gasteiger partial charge in [-0.05, 0) is 19.1 Å². The first kappa shape index (κ1) is 14.7. The van der Waals surface area contributed by atoms with E-state index in [1.54, 1.807) is 0 Å². The molecule has 0 amide bonds. The van der Waals surface area contributed by atoms with Crippen molar-refractivity contribution in [3.05, 3.63) is 28.9 Å². The van der Waals surface area contributed by atoms with Gasteiger partial charge < -0.3 is 16.8 Å². The minimum atomic E-state index is 0.348. The predicted octanol–water partition coefficient (Wildman–Crippen LogP) is 2.41. The van der Waals surface area contributed by atoms with Crippen molar-refractivity contribution >= 4 is 40.8 Å². The second-order valence-electron chi connectivity index (χ2n) is 3.94. The summed E-state index contributed by atoms with van der Waals surface area (Å²) in [5.74, 6) is 2.03. The van der Waals surface area contributed by atoms with Gasteiger partial charge in [-0.3, -0.25) is 0 Å². The van der Waals surface area contributed by atoms with E-state index in [1.807, 2.05) is 19.1 Å². The molecule has 0 atom stereocenters. The van der Waals surface area contributed by atoms with E-state index in [0.717, 1.165) is 18.1 Å². The second kappa shape index (κ2) is 6.62. The van der Waals surface area contributed by atoms with E-state index in [2.05, 4.69) is 20.3 Å². The normalized spacial score (nSPS) is 10.5. The van der Waals surface area contributed by atoms with Crippen molar-refractivity contribution in [1.82, 2.24) is 15.0 Å². The molecule has 2 rings (SSSR count). The molecule has 106 valence electrons. The molecule has 0 aromatic carbocycles. The van der Waals surface area contributed by atoms with E-state index in [-0.39, 0.29) is 0 Å². The van der Waals surface area contributed by atoms with Crippen LogP contribution in [0, 0.1) is 0 Å². The Labute approximate surface area is 126 Å². The van der Waals surface area contributed by atoms with E-state index in [0.29, 0.717) is 27.6 Å². The van der Waals surface area contributed by atoms with Gasteiger partial charge >= 0.3 is 0 Å². The highest BCUT2D eigenvalue weighted by molar-refractivity contribution is 7.98. The Morgan fingerprint density at radius 1 is 1.20 bits per heavy atom. The fourth-order valence-electron chi connectivity index (χ4n) is 1.52. The van der Waals surface area contributed by atoms with Crippen molar-refractivity contribution in [2.24, 2.45) is 0 Å². The zero-order valence-electron chi connectivity index (χ0n) is 10.9. The number of nitrogens with zero attached hydrogens (tertiary/aromatic N) is 3. The maximum atomic E-state index is 6.13. The molecule has 0 spiro atoms. The molecule has 6 nitrogen and oxygen atoms in total. The van der Waals surface area contributed by atoms with Crippen LogP contribution in [-0.2, 0) is 5.75 Å². The quantitative estimate of drug-likeness (QED) is 0.575. The summed E-state index contributed by atoms with van der Waals surface area (Å²) in [6.07, 6.45) is 0. The van der Waals surface area contributed by atoms with Crippen LogP contribution in [0.5, 0.6) is 0 Å². The second-order valence-corrected chi connectivity index (χ2v) is 5.29. The predicted molar refractivity (Wildman–Crippen MR) is 83.8 cm³/mol. The molecule has 0 aliphatic rings. The summed E-state index contributed by atoms with van der Waals surface area (Å²) in [4.78, 5) is 12.6. The van der Waals surface area contributed by atoms with Crippen molar-refractivity contribution in [3.63, 3.8) is 0 Å². The lowest BCUT2D eigenvalue weighted by Crippen LogP contribution is -2.02. The third-order valence-corrected chi connectivity index (χ3v) is 3.56. The van der Waals surface area contributed by atoms with Crippen LogP contribution in [0.3, 0.4) is 0 Å². The number of hydrogen-bond donors (Lipinski definition) is 3. The highest BCUT2D eigenvalue weighted by Crippen LogP contribution is 2.25. The number of anilines is 3. The first-order chi connectivity index (χ1) is 9.58. The largest absolute Gasteiger partial charge is 0.383 e. The van der Waals surface area contributed by atoms with E-state index in [9.17, 15) is 0 Å². The molecule has 0 aliphatic heterocycles. The Kier molecular flexibility index (Phi) is 4.86. The number of nitrogens with two attached hydrogens (primary N) is 2. The molecular formula is C12H15ClN6S. The smallest absolute Gasteiger partial charge is 0.191 e. The summed E-state index contributed by atoms with van der Waals surface area (Å²) in [6, 6.07) is 5.17. The summed E-state index contributed by atoms with van der Waals surface area (Å²) in [5.41, 5.74) is 12.0. The van der Waals surface area contributed by atoms with Gasteiger partial charge in [-0.2, -0.15) is 0 Å². The van der Waals surface area contributed by atoms with Gasteiger partial charge in [0.15, 0.2) is 5.16 Å². The number of nitrogens with one attached hydrogen (secondary N) is 1. The highest BCUT2D eigenvalue weighted by atomic mass is 35.5. The maximum absolute atomic E-state index is 6.13. The monoisotopic (exact) mass is 310 g/mol. The van der Waals surface area contributed by atoms with Gasteiger partial charge in [0.25, 0.3) is 0 Å². The Balaban J connectivity index is 2.11. The molecule has 0 unspecified atom stereocenters. The van der Waals surface area contributed by atoms with Gasteiger partial charge in [0, 0.05) is 18.4 Å². The van der Waals surface area contributed by atoms with E-state index < -0.39 is 0 Å². The fourth-order valence-corrected chi connectivity index (χ4v) is 2.60. The maximum Gasteiger partial charge on any atom is 0.191 e. The SMILES string of the molecule is CCNc1ccc(Cl)c(CSc2nc(N)cc(N)n2)n1. The zero-order valence-corrected chi connectivity index (χ0v) is 12.5. The third-order valence-electron chi connectivity index (χ3n) is 2.36. The van der Waals surface area contributed by atoms with Crippen LogP contribution in [0.4, 0.5) is 17.5 Å². The summed E-state index contributed by atoms with van der Waals surface area (Å²) < 4.78 is 0. The number of pyridine rings is 1. The standard InChI is InChI=1S/C12H15ClN6S/c1-2-16-11-4-3-7(13)8(17-11)6-20-12-18-9(14)5-10(15)19-12/h3-5H,2,6H2,1H3,(H,16,17)(H4,14,15,18,19). The van der Waals surface area contributed by atoms with Crippen molar-refractivity contribution in [2.45, 2.75) is 17.8 Å². The summed E-state index contributed by atoms with van der Waals surface area (Å²) in [6.45, 7) is 2.81. The lowest BCUT2D eigenvalue weighted by Gasteiger charge is -2.07. The number of halogens is 1. The zero-order chi connectivity index (χ0) is 14.5. The molecule has 8 heteroatoms. The van der Waals surface area contributed by atoms with Gasteiger partial charge in [0.2, 0.25) is 0 Å². The van der Waals surface area contributed by atoms with Gasteiger partial charge in [0.05, 0.1) is 10.7 Å². The lowest BCUT2D eigenvalue weighted by atomic mass is 10.3. The van der Waals surface area contributed by atoms with Crippen LogP contribution >= 0.6 is 23.4 Å². The van der Waals surface area contributed by atoms with Gasteiger partial charge in [-0.15, -0.1) is 0 Å². The molecule has 2 heterocycles. The lowest BCUT2D eigenvalue weighted by molar-refractivity contribution is 0.981. The molecule has 0 saturated heterocycles. The number of nitrogen functional groups attached to an aromatic ring is 2. The molecule has 2 aromatic heterocycles. The van der Waals surface area contributed by atoms with E-state index in [1.165, 1.54) is 17.8 Å². The fraction of sp³-hybridized carbons (Fsp3) is 0.250. The number of thioether (sulfide) groups is 1. The molecule has 20 heavy (non-hydrogen) atoms. The Morgan fingerprint density at radius 2 is 1.90 bits per heavy atom. The van der Waals surface area contributed by atoms with Crippen LogP contribution in [0.1, 0.15) is 12.6 Å². The van der Waals surface area contributed by atoms with Gasteiger partial charge in [-0.1, -0.05) is 23.4 Å². The average Bonchev–Trinajstić information content (AvgIpc) is 2.38. The minimum Gasteiger partial charge on any atom is -0.383 e. The van der Waals surface area contributed by atoms with Crippen molar-refractivity contribution in [3.8, 4) is 0 Å². The van der Waals surface area contributed by atoms with Crippen LogP contribution in [0.2, 0.25) is 5.02 Å². The molecule has 0 bridgehead atoms. The molecule has 5 N–H and O–H groups in total. The van der Waals surface area contributed by atoms with Crippen LogP contribution in [-0.4, -0.2) is 21.5 Å². The van der Waals surface area contributed by atoms with E-state index >= 15 is 0 Å². The van der Waals surface area contributed by atoms with E-state index in [4.69, 9.17) is 23.1 Å². The van der Waals surface area contributed by atoms with Crippen LogP contribution in [0.25, 0.3) is 0 Å². The van der Waals surface area contributed by atoms with Crippen LogP contribution < -0.4 is 16.8 Å². The van der Waals surface area contributed by atoms with Gasteiger partial charge in [-0.25, -0.2) is 15.0 Å². The molecule has 0 saturated carbocycles. The highest BCUT2D eigenvalue weighted by Gasteiger charge is 2.07. The summed E-state index contributed by atoms with van der Waals surface area (Å²) >= 11 is 7.52. The minimum absolute atomic E-state index is 0.348. The first-order valence-electron chi connectivity index (χ1n) is 6.00. The first-order valence-corrected chi connectivity index (χ1v) is 7.37. The molecule has 0 radical (unpaired) electrons. The number of aromatic nitrogens is 3. The Hall–Kier alpha value is -1.73. The topological polar surface area (TPSA) is 103 Å². The number of hydrogen-bond acceptors (Lipinski definition) is 7. The van der Waals surface area contributed by atoms with Crippen molar-refractivity contribution < 1.29 is 0 Å². The molecule has 0 fully saturated rings. The average molecular weight is 311 g/mol. The summed E-state index contributed by atoms with van der Waals surface area (Å²) in [5, 5.41) is 4.26. The Bertz CT molecular complexity index is 586. The third kappa shape index (κ3) is 3.88. The van der Waals surface area contributed by atoms with Crippen molar-refractivity contribution in [1.29, 1.82) is 0 Å². The molecular weight excluding hydrogens is 296 g/mol. The molecule has 0 aliphatic carbocycles. The van der Waals surface area contributed by atoms with Gasteiger partial charge in [0.1, 0.15) is 17.5 Å². The Morgan fingerprint density at radius 3 is 2.55 bits per heavy atom. The van der Waals surface area contributed by atoms with Crippen LogP contribution in [0.15, 0.2) is 23.4 Å². The molecule has 2 aromatic rings. The summed E-state index contributed by atoms with van der Waals surface area (Å²) in [7, 11) is 0. The van der Waals surface area contributed by atoms with Crippen molar-refractivity contribution in [2.75, 3.05) is 23.3 Å².